The maximum atomic E-state index is 12.0. The first-order valence-corrected chi connectivity index (χ1v) is 7.16. The highest BCUT2D eigenvalue weighted by Crippen LogP contribution is 2.36. The maximum absolute atomic E-state index is 12.0. The third-order valence-corrected chi connectivity index (χ3v) is 4.21. The van der Waals surface area contributed by atoms with Crippen LogP contribution in [0.3, 0.4) is 0 Å². The van der Waals surface area contributed by atoms with Gasteiger partial charge in [0.15, 0.2) is 0 Å². The number of hydrogen-bond acceptors (Lipinski definition) is 2. The van der Waals surface area contributed by atoms with Gasteiger partial charge in [0.1, 0.15) is 0 Å². The van der Waals surface area contributed by atoms with Crippen LogP contribution in [0.25, 0.3) is 0 Å². The minimum absolute atomic E-state index is 0.106. The minimum Gasteiger partial charge on any atom is -0.355 e. The van der Waals surface area contributed by atoms with Gasteiger partial charge in [-0.1, -0.05) is 44.0 Å². The van der Waals surface area contributed by atoms with Crippen LogP contribution in [-0.4, -0.2) is 12.5 Å². The minimum atomic E-state index is 0.106. The molecule has 1 saturated carbocycles. The highest BCUT2D eigenvalue weighted by Gasteiger charge is 2.28. The van der Waals surface area contributed by atoms with Crippen molar-refractivity contribution in [1.82, 2.24) is 5.32 Å². The summed E-state index contributed by atoms with van der Waals surface area (Å²) in [6.07, 6.45) is 5.48. The zero-order chi connectivity index (χ0) is 13.7. The molecule has 19 heavy (non-hydrogen) atoms. The Kier molecular flexibility index (Phi) is 4.59. The Morgan fingerprint density at radius 3 is 2.53 bits per heavy atom. The van der Waals surface area contributed by atoms with E-state index in [1.54, 1.807) is 0 Å². The number of rotatable bonds is 5. The van der Waals surface area contributed by atoms with Crippen molar-refractivity contribution in [3.63, 3.8) is 0 Å². The van der Waals surface area contributed by atoms with E-state index in [0.29, 0.717) is 18.4 Å². The van der Waals surface area contributed by atoms with Gasteiger partial charge < -0.3 is 11.1 Å². The van der Waals surface area contributed by atoms with Crippen LogP contribution in [-0.2, 0) is 17.8 Å². The summed E-state index contributed by atoms with van der Waals surface area (Å²) in [6, 6.07) is 7.89. The lowest BCUT2D eigenvalue weighted by molar-refractivity contribution is -0.120. The van der Waals surface area contributed by atoms with Gasteiger partial charge in [0.25, 0.3) is 0 Å². The van der Waals surface area contributed by atoms with Crippen LogP contribution in [0.1, 0.15) is 43.7 Å². The largest absolute Gasteiger partial charge is 0.355 e. The molecule has 3 N–H and O–H groups in total. The Labute approximate surface area is 115 Å². The van der Waals surface area contributed by atoms with E-state index in [1.165, 1.54) is 25.7 Å². The summed E-state index contributed by atoms with van der Waals surface area (Å²) >= 11 is 0. The van der Waals surface area contributed by atoms with E-state index in [1.807, 2.05) is 24.3 Å². The van der Waals surface area contributed by atoms with Gasteiger partial charge in [-0.3, -0.25) is 4.79 Å². The number of carbonyl (C=O) groups is 1. The van der Waals surface area contributed by atoms with Gasteiger partial charge in [-0.2, -0.15) is 0 Å². The number of amides is 1. The van der Waals surface area contributed by atoms with E-state index in [4.69, 9.17) is 5.73 Å². The summed E-state index contributed by atoms with van der Waals surface area (Å²) in [5.41, 5.74) is 8.10. The van der Waals surface area contributed by atoms with E-state index in [-0.39, 0.29) is 5.91 Å². The number of benzene rings is 1. The fourth-order valence-electron chi connectivity index (χ4n) is 2.88. The van der Waals surface area contributed by atoms with Crippen LogP contribution in [0.4, 0.5) is 0 Å². The predicted molar refractivity (Wildman–Crippen MR) is 77.6 cm³/mol. The van der Waals surface area contributed by atoms with Crippen molar-refractivity contribution >= 4 is 5.91 Å². The summed E-state index contributed by atoms with van der Waals surface area (Å²) in [5, 5.41) is 3.09. The lowest BCUT2D eigenvalue weighted by atomic mass is 9.89. The van der Waals surface area contributed by atoms with E-state index >= 15 is 0 Å². The van der Waals surface area contributed by atoms with E-state index < -0.39 is 0 Å². The SMILES string of the molecule is CC1(CNC(=O)Cc2ccccc2CN)CCCC1. The molecule has 1 aliphatic rings. The first-order chi connectivity index (χ1) is 9.13. The molecule has 0 aliphatic heterocycles. The first kappa shape index (κ1) is 14.1. The van der Waals surface area contributed by atoms with Crippen molar-refractivity contribution in [2.75, 3.05) is 6.54 Å². The van der Waals surface area contributed by atoms with Crippen LogP contribution >= 0.6 is 0 Å². The van der Waals surface area contributed by atoms with Gasteiger partial charge in [0.05, 0.1) is 6.42 Å². The Morgan fingerprint density at radius 1 is 1.26 bits per heavy atom. The highest BCUT2D eigenvalue weighted by molar-refractivity contribution is 5.79. The Morgan fingerprint density at radius 2 is 1.89 bits per heavy atom. The van der Waals surface area contributed by atoms with Gasteiger partial charge in [0, 0.05) is 13.1 Å². The summed E-state index contributed by atoms with van der Waals surface area (Å²) in [7, 11) is 0. The molecule has 0 heterocycles. The molecule has 0 atom stereocenters. The molecule has 0 unspecified atom stereocenters. The molecule has 0 spiro atoms. The highest BCUT2D eigenvalue weighted by atomic mass is 16.1. The molecule has 0 radical (unpaired) electrons. The second-order valence-electron chi connectivity index (χ2n) is 5.94. The summed E-state index contributed by atoms with van der Waals surface area (Å²) in [4.78, 5) is 12.0. The molecular formula is C16H24N2O. The zero-order valence-electron chi connectivity index (χ0n) is 11.7. The molecule has 3 nitrogen and oxygen atoms in total. The van der Waals surface area contributed by atoms with E-state index in [9.17, 15) is 4.79 Å². The molecule has 0 aromatic heterocycles. The molecule has 1 aromatic carbocycles. The van der Waals surface area contributed by atoms with E-state index in [2.05, 4.69) is 12.2 Å². The molecule has 1 amide bonds. The lowest BCUT2D eigenvalue weighted by Crippen LogP contribution is -2.35. The third-order valence-electron chi connectivity index (χ3n) is 4.21. The van der Waals surface area contributed by atoms with Crippen molar-refractivity contribution in [3.8, 4) is 0 Å². The van der Waals surface area contributed by atoms with Gasteiger partial charge in [-0.25, -0.2) is 0 Å². The van der Waals surface area contributed by atoms with Gasteiger partial charge in [-0.15, -0.1) is 0 Å². The van der Waals surface area contributed by atoms with Crippen LogP contribution in [0.2, 0.25) is 0 Å². The van der Waals surface area contributed by atoms with Crippen molar-refractivity contribution < 1.29 is 4.79 Å². The summed E-state index contributed by atoms with van der Waals surface area (Å²) in [6.45, 7) is 3.56. The molecule has 1 aliphatic carbocycles. The van der Waals surface area contributed by atoms with Crippen molar-refractivity contribution in [2.45, 2.75) is 45.6 Å². The second-order valence-corrected chi connectivity index (χ2v) is 5.94. The van der Waals surface area contributed by atoms with Gasteiger partial charge in [-0.05, 0) is 29.4 Å². The quantitative estimate of drug-likeness (QED) is 0.854. The molecule has 1 fully saturated rings. The van der Waals surface area contributed by atoms with Crippen LogP contribution in [0.15, 0.2) is 24.3 Å². The van der Waals surface area contributed by atoms with Crippen molar-refractivity contribution in [1.29, 1.82) is 0 Å². The Balaban J connectivity index is 1.87. The van der Waals surface area contributed by atoms with Crippen LogP contribution in [0, 0.1) is 5.41 Å². The maximum Gasteiger partial charge on any atom is 0.224 e. The third kappa shape index (κ3) is 3.80. The normalized spacial score (nSPS) is 17.4. The van der Waals surface area contributed by atoms with Crippen molar-refractivity contribution in [2.24, 2.45) is 11.1 Å². The number of carbonyl (C=O) groups excluding carboxylic acids is 1. The summed E-state index contributed by atoms with van der Waals surface area (Å²) in [5.74, 6) is 0.106. The predicted octanol–water partition coefficient (Wildman–Crippen LogP) is 2.38. The van der Waals surface area contributed by atoms with Crippen LogP contribution in [0.5, 0.6) is 0 Å². The molecule has 1 aromatic rings. The summed E-state index contributed by atoms with van der Waals surface area (Å²) < 4.78 is 0. The monoisotopic (exact) mass is 260 g/mol. The Bertz CT molecular complexity index is 436. The number of nitrogens with two attached hydrogens (primary N) is 1. The topological polar surface area (TPSA) is 55.1 Å². The molecule has 3 heteroatoms. The standard InChI is InChI=1S/C16H24N2O/c1-16(8-4-5-9-16)12-18-15(19)10-13-6-2-3-7-14(13)11-17/h2-3,6-7H,4-5,8-12,17H2,1H3,(H,18,19). The molecular weight excluding hydrogens is 236 g/mol. The zero-order valence-corrected chi connectivity index (χ0v) is 11.7. The molecule has 2 rings (SSSR count). The molecule has 104 valence electrons. The van der Waals surface area contributed by atoms with Crippen molar-refractivity contribution in [3.05, 3.63) is 35.4 Å². The number of hydrogen-bond donors (Lipinski definition) is 2. The smallest absolute Gasteiger partial charge is 0.224 e. The molecule has 0 saturated heterocycles. The van der Waals surface area contributed by atoms with Crippen LogP contribution < -0.4 is 11.1 Å². The van der Waals surface area contributed by atoms with Gasteiger partial charge in [0.2, 0.25) is 5.91 Å². The Hall–Kier alpha value is -1.35. The van der Waals surface area contributed by atoms with E-state index in [0.717, 1.165) is 17.7 Å². The fourth-order valence-corrected chi connectivity index (χ4v) is 2.88. The fraction of sp³-hybridized carbons (Fsp3) is 0.562. The van der Waals surface area contributed by atoms with Gasteiger partial charge >= 0.3 is 0 Å². The first-order valence-electron chi connectivity index (χ1n) is 7.16. The average molecular weight is 260 g/mol. The molecule has 0 bridgehead atoms. The average Bonchev–Trinajstić information content (AvgIpc) is 2.85. The second kappa shape index (κ2) is 6.20. The lowest BCUT2D eigenvalue weighted by Gasteiger charge is -2.23. The number of nitrogens with one attached hydrogen (secondary N) is 1.